The van der Waals surface area contributed by atoms with Crippen LogP contribution in [0.15, 0.2) is 79.4 Å². The van der Waals surface area contributed by atoms with Crippen LogP contribution in [0.25, 0.3) is 21.7 Å². The number of hydrogen-bond donors (Lipinski definition) is 3. The van der Waals surface area contributed by atoms with Gasteiger partial charge in [-0.1, -0.05) is 29.8 Å². The van der Waals surface area contributed by atoms with Gasteiger partial charge in [-0.2, -0.15) is 0 Å². The average molecular weight is 624 g/mol. The number of aromatic nitrogens is 4. The van der Waals surface area contributed by atoms with E-state index in [1.165, 1.54) is 12.4 Å². The van der Waals surface area contributed by atoms with E-state index in [-0.39, 0.29) is 16.4 Å². The first-order chi connectivity index (χ1) is 21.9. The van der Waals surface area contributed by atoms with Gasteiger partial charge in [0.1, 0.15) is 35.0 Å². The van der Waals surface area contributed by atoms with Crippen molar-refractivity contribution in [3.05, 3.63) is 107 Å². The molecular formula is C33H27ClFN7O3. The highest BCUT2D eigenvalue weighted by Gasteiger charge is 2.19. The number of carbonyl (C=O) groups excluding carboxylic acids is 1. The third kappa shape index (κ3) is 5.85. The van der Waals surface area contributed by atoms with Gasteiger partial charge in [0.25, 0.3) is 5.91 Å². The zero-order valence-electron chi connectivity index (χ0n) is 24.5. The van der Waals surface area contributed by atoms with E-state index in [4.69, 9.17) is 21.1 Å². The first-order valence-corrected chi connectivity index (χ1v) is 14.2. The van der Waals surface area contributed by atoms with Crippen molar-refractivity contribution in [3.63, 3.8) is 0 Å². The molecule has 3 aromatic heterocycles. The van der Waals surface area contributed by atoms with Crippen LogP contribution in [0, 0.1) is 12.7 Å². The molecule has 6 aromatic rings. The Kier molecular flexibility index (Phi) is 8.26. The molecule has 0 aliphatic heterocycles. The molecule has 0 spiro atoms. The van der Waals surface area contributed by atoms with Gasteiger partial charge in [-0.3, -0.25) is 4.79 Å². The van der Waals surface area contributed by atoms with Gasteiger partial charge in [-0.05, 0) is 48.9 Å². The number of amides is 1. The van der Waals surface area contributed by atoms with Crippen LogP contribution in [0.2, 0.25) is 5.02 Å². The number of carbonyl (C=O) groups is 1. The molecule has 3 aromatic carbocycles. The minimum absolute atomic E-state index is 0.00533. The first-order valence-electron chi connectivity index (χ1n) is 13.8. The number of nitrogens with one attached hydrogen (secondary N) is 3. The standard InChI is InChI=1S/C33H27ClFN7O3/c1-18-7-10-22-21(11-14-37-32(22)41-25-6-4-5-24(34)27(25)35)28(18)42-33(43)30-29-23(12-13-36-30)31(40-17-39-29)38-16-19-8-9-20(44-2)15-26(19)45-3/h4-15,17H,16H2,1-3H3,(H,37,41)(H,42,43)(H,38,39,40). The van der Waals surface area contributed by atoms with E-state index in [1.807, 2.05) is 31.2 Å². The number of aryl methyl sites for hydroxylation is 1. The zero-order chi connectivity index (χ0) is 31.5. The quantitative estimate of drug-likeness (QED) is 0.152. The van der Waals surface area contributed by atoms with Crippen molar-refractivity contribution in [2.45, 2.75) is 13.5 Å². The largest absolute Gasteiger partial charge is 0.497 e. The molecule has 0 bridgehead atoms. The molecule has 12 heteroatoms. The maximum Gasteiger partial charge on any atom is 0.276 e. The third-order valence-corrected chi connectivity index (χ3v) is 7.60. The predicted molar refractivity (Wildman–Crippen MR) is 173 cm³/mol. The third-order valence-electron chi connectivity index (χ3n) is 7.31. The normalized spacial score (nSPS) is 11.0. The van der Waals surface area contributed by atoms with Crippen molar-refractivity contribution >= 4 is 62.2 Å². The Balaban J connectivity index is 1.30. The highest BCUT2D eigenvalue weighted by atomic mass is 35.5. The topological polar surface area (TPSA) is 123 Å². The Morgan fingerprint density at radius 3 is 2.53 bits per heavy atom. The van der Waals surface area contributed by atoms with E-state index >= 15 is 0 Å². The number of methoxy groups -OCH3 is 2. The zero-order valence-corrected chi connectivity index (χ0v) is 25.2. The summed E-state index contributed by atoms with van der Waals surface area (Å²) in [4.78, 5) is 31.3. The van der Waals surface area contributed by atoms with E-state index in [0.717, 1.165) is 11.1 Å². The van der Waals surface area contributed by atoms with Crippen LogP contribution in [0.3, 0.4) is 0 Å². The van der Waals surface area contributed by atoms with Crippen molar-refractivity contribution in [2.75, 3.05) is 30.2 Å². The fraction of sp³-hybridized carbons (Fsp3) is 0.121. The molecule has 6 rings (SSSR count). The molecule has 1 amide bonds. The van der Waals surface area contributed by atoms with E-state index in [2.05, 4.69) is 35.9 Å². The number of nitrogens with zero attached hydrogens (tertiary/aromatic N) is 4. The number of rotatable bonds is 9. The van der Waals surface area contributed by atoms with Crippen molar-refractivity contribution in [1.29, 1.82) is 0 Å². The van der Waals surface area contributed by atoms with Gasteiger partial charge in [-0.25, -0.2) is 24.3 Å². The van der Waals surface area contributed by atoms with Crippen LogP contribution < -0.4 is 25.4 Å². The summed E-state index contributed by atoms with van der Waals surface area (Å²) >= 11 is 5.97. The molecule has 3 heterocycles. The summed E-state index contributed by atoms with van der Waals surface area (Å²) in [7, 11) is 3.19. The Hall–Kier alpha value is -5.55. The van der Waals surface area contributed by atoms with Gasteiger partial charge in [0, 0.05) is 46.7 Å². The second-order valence-corrected chi connectivity index (χ2v) is 10.4. The predicted octanol–water partition coefficient (Wildman–Crippen LogP) is 7.30. The van der Waals surface area contributed by atoms with Crippen molar-refractivity contribution in [1.82, 2.24) is 19.9 Å². The fourth-order valence-corrected chi connectivity index (χ4v) is 5.18. The summed E-state index contributed by atoms with van der Waals surface area (Å²) in [5, 5.41) is 11.3. The summed E-state index contributed by atoms with van der Waals surface area (Å²) in [5.74, 6) is 1.25. The lowest BCUT2D eigenvalue weighted by Gasteiger charge is -2.16. The van der Waals surface area contributed by atoms with E-state index < -0.39 is 11.7 Å². The van der Waals surface area contributed by atoms with Crippen molar-refractivity contribution in [3.8, 4) is 11.5 Å². The Morgan fingerprint density at radius 2 is 1.71 bits per heavy atom. The summed E-state index contributed by atoms with van der Waals surface area (Å²) < 4.78 is 25.4. The number of fused-ring (bicyclic) bond motifs is 2. The highest BCUT2D eigenvalue weighted by Crippen LogP contribution is 2.34. The smallest absolute Gasteiger partial charge is 0.276 e. The van der Waals surface area contributed by atoms with Gasteiger partial charge < -0.3 is 25.4 Å². The monoisotopic (exact) mass is 623 g/mol. The van der Waals surface area contributed by atoms with E-state index in [0.29, 0.717) is 57.0 Å². The molecule has 0 fully saturated rings. The van der Waals surface area contributed by atoms with Crippen LogP contribution in [0.4, 0.5) is 27.4 Å². The van der Waals surface area contributed by atoms with Crippen LogP contribution in [0.5, 0.6) is 11.5 Å². The summed E-state index contributed by atoms with van der Waals surface area (Å²) in [6.45, 7) is 2.29. The molecule has 0 radical (unpaired) electrons. The molecular weight excluding hydrogens is 597 g/mol. The minimum atomic E-state index is -0.584. The van der Waals surface area contributed by atoms with Crippen LogP contribution >= 0.6 is 11.6 Å². The number of anilines is 4. The Labute approximate surface area is 262 Å². The lowest BCUT2D eigenvalue weighted by Crippen LogP contribution is -2.16. The highest BCUT2D eigenvalue weighted by molar-refractivity contribution is 6.31. The van der Waals surface area contributed by atoms with Gasteiger partial charge in [0.2, 0.25) is 0 Å². The minimum Gasteiger partial charge on any atom is -0.497 e. The summed E-state index contributed by atoms with van der Waals surface area (Å²) in [6.07, 6.45) is 4.51. The van der Waals surface area contributed by atoms with Gasteiger partial charge in [0.15, 0.2) is 11.5 Å². The lowest BCUT2D eigenvalue weighted by atomic mass is 10.0. The van der Waals surface area contributed by atoms with Crippen LogP contribution in [-0.2, 0) is 6.54 Å². The van der Waals surface area contributed by atoms with Gasteiger partial charge >= 0.3 is 0 Å². The number of ether oxygens (including phenoxy) is 2. The molecule has 0 unspecified atom stereocenters. The number of pyridine rings is 2. The van der Waals surface area contributed by atoms with E-state index in [9.17, 15) is 9.18 Å². The van der Waals surface area contributed by atoms with Gasteiger partial charge in [-0.15, -0.1) is 0 Å². The molecule has 0 atom stereocenters. The second-order valence-electron chi connectivity index (χ2n) is 10.0. The molecule has 10 nitrogen and oxygen atoms in total. The summed E-state index contributed by atoms with van der Waals surface area (Å²) in [6, 6.07) is 17.5. The van der Waals surface area contributed by atoms with Crippen molar-refractivity contribution in [2.24, 2.45) is 0 Å². The SMILES string of the molecule is COc1ccc(CNc2ncnc3c(C(=O)Nc4c(C)ccc5c(Nc6cccc(Cl)c6F)nccc45)nccc23)c(OC)c1. The average Bonchev–Trinajstić information content (AvgIpc) is 3.06. The molecule has 0 aliphatic carbocycles. The molecule has 45 heavy (non-hydrogen) atoms. The molecule has 0 saturated carbocycles. The number of benzene rings is 3. The molecule has 226 valence electrons. The molecule has 0 saturated heterocycles. The van der Waals surface area contributed by atoms with Crippen LogP contribution in [-0.4, -0.2) is 40.1 Å². The van der Waals surface area contributed by atoms with E-state index in [1.54, 1.807) is 56.9 Å². The maximum atomic E-state index is 14.6. The Bertz CT molecular complexity index is 2080. The Morgan fingerprint density at radius 1 is 0.889 bits per heavy atom. The maximum absolute atomic E-state index is 14.6. The first kappa shape index (κ1) is 29.5. The van der Waals surface area contributed by atoms with Crippen LogP contribution in [0.1, 0.15) is 21.6 Å². The molecule has 0 aliphatic rings. The fourth-order valence-electron chi connectivity index (χ4n) is 5.00. The second kappa shape index (κ2) is 12.6. The lowest BCUT2D eigenvalue weighted by molar-refractivity contribution is 0.102. The number of halogens is 2. The number of hydrogen-bond acceptors (Lipinski definition) is 9. The van der Waals surface area contributed by atoms with Crippen molar-refractivity contribution < 1.29 is 18.7 Å². The summed E-state index contributed by atoms with van der Waals surface area (Å²) in [5.41, 5.74) is 2.96. The molecule has 3 N–H and O–H groups in total. The van der Waals surface area contributed by atoms with Gasteiger partial charge in [0.05, 0.1) is 30.6 Å².